The molecule has 27 heavy (non-hydrogen) atoms. The van der Waals surface area contributed by atoms with Gasteiger partial charge in [0, 0.05) is 63.2 Å². The lowest BCUT2D eigenvalue weighted by Crippen LogP contribution is -2.42. The van der Waals surface area contributed by atoms with Crippen molar-refractivity contribution in [3.8, 4) is 5.75 Å². The lowest BCUT2D eigenvalue weighted by Gasteiger charge is -2.33. The molecular formula is C20H24N4O3. The van der Waals surface area contributed by atoms with Gasteiger partial charge in [-0.3, -0.25) is 9.59 Å². The predicted molar refractivity (Wildman–Crippen MR) is 100 cm³/mol. The maximum Gasteiger partial charge on any atom is 0.228 e. The molecule has 2 fully saturated rings. The summed E-state index contributed by atoms with van der Waals surface area (Å²) in [6, 6.07) is 6.61. The average Bonchev–Trinajstić information content (AvgIpc) is 3.27. The lowest BCUT2D eigenvalue weighted by atomic mass is 9.94. The number of carbonyl (C=O) groups is 2. The van der Waals surface area contributed by atoms with Gasteiger partial charge in [0.2, 0.25) is 11.8 Å². The minimum atomic E-state index is -0.315. The first-order chi connectivity index (χ1) is 13.0. The Morgan fingerprint density at radius 3 is 2.70 bits per heavy atom. The van der Waals surface area contributed by atoms with E-state index in [2.05, 4.69) is 4.98 Å². The Bertz CT molecular complexity index is 854. The Kier molecular flexibility index (Phi) is 4.59. The Labute approximate surface area is 158 Å². The van der Waals surface area contributed by atoms with E-state index in [1.807, 2.05) is 28.9 Å². The van der Waals surface area contributed by atoms with Crippen LogP contribution in [0.4, 0.5) is 5.69 Å². The normalized spacial score (nSPS) is 21.1. The quantitative estimate of drug-likeness (QED) is 0.897. The number of carbonyl (C=O) groups excluding carboxylic acids is 2. The molecule has 0 bridgehead atoms. The van der Waals surface area contributed by atoms with Crippen LogP contribution in [0, 0.1) is 5.92 Å². The third-order valence-corrected chi connectivity index (χ3v) is 5.65. The maximum atomic E-state index is 12.9. The summed E-state index contributed by atoms with van der Waals surface area (Å²) in [5.74, 6) is 1.25. The van der Waals surface area contributed by atoms with Crippen molar-refractivity contribution >= 4 is 17.5 Å². The number of rotatable bonds is 3. The van der Waals surface area contributed by atoms with E-state index in [0.717, 1.165) is 18.7 Å². The molecule has 142 valence electrons. The Morgan fingerprint density at radius 1 is 1.26 bits per heavy atom. The number of aryl methyl sites for hydroxylation is 1. The zero-order valence-corrected chi connectivity index (χ0v) is 15.4. The Hall–Kier alpha value is -2.83. The Morgan fingerprint density at radius 2 is 2.04 bits per heavy atom. The van der Waals surface area contributed by atoms with Crippen LogP contribution in [0.1, 0.15) is 31.0 Å². The number of benzene rings is 1. The molecule has 2 saturated heterocycles. The van der Waals surface area contributed by atoms with Crippen LogP contribution in [0.25, 0.3) is 0 Å². The van der Waals surface area contributed by atoms with Crippen molar-refractivity contribution in [3.63, 3.8) is 0 Å². The number of aromatic nitrogens is 2. The minimum absolute atomic E-state index is 0.0595. The van der Waals surface area contributed by atoms with Gasteiger partial charge in [-0.15, -0.1) is 0 Å². The highest BCUT2D eigenvalue weighted by atomic mass is 16.3. The topological polar surface area (TPSA) is 78.7 Å². The van der Waals surface area contributed by atoms with Gasteiger partial charge in [-0.25, -0.2) is 4.98 Å². The van der Waals surface area contributed by atoms with E-state index >= 15 is 0 Å². The van der Waals surface area contributed by atoms with Crippen LogP contribution < -0.4 is 4.90 Å². The molecular weight excluding hydrogens is 344 g/mol. The molecule has 2 aromatic rings. The van der Waals surface area contributed by atoms with E-state index in [4.69, 9.17) is 0 Å². The minimum Gasteiger partial charge on any atom is -0.508 e. The molecule has 7 heteroatoms. The van der Waals surface area contributed by atoms with E-state index in [0.29, 0.717) is 31.2 Å². The molecule has 0 saturated carbocycles. The molecule has 2 amide bonds. The third-order valence-electron chi connectivity index (χ3n) is 5.65. The van der Waals surface area contributed by atoms with Crippen LogP contribution in [0.2, 0.25) is 0 Å². The molecule has 3 heterocycles. The number of piperidine rings is 1. The summed E-state index contributed by atoms with van der Waals surface area (Å²) in [5.41, 5.74) is 0.642. The number of phenols is 1. The fraction of sp³-hybridized carbons (Fsp3) is 0.450. The molecule has 1 atom stereocenters. The van der Waals surface area contributed by atoms with Gasteiger partial charge in [0.25, 0.3) is 0 Å². The fourth-order valence-corrected chi connectivity index (χ4v) is 4.17. The van der Waals surface area contributed by atoms with E-state index < -0.39 is 0 Å². The summed E-state index contributed by atoms with van der Waals surface area (Å²) in [5, 5.41) is 9.64. The van der Waals surface area contributed by atoms with Gasteiger partial charge >= 0.3 is 0 Å². The fourth-order valence-electron chi connectivity index (χ4n) is 4.17. The van der Waals surface area contributed by atoms with Crippen molar-refractivity contribution in [2.24, 2.45) is 13.0 Å². The van der Waals surface area contributed by atoms with Gasteiger partial charge in [0.15, 0.2) is 0 Å². The molecule has 2 aliphatic rings. The van der Waals surface area contributed by atoms with Gasteiger partial charge in [-0.1, -0.05) is 6.07 Å². The summed E-state index contributed by atoms with van der Waals surface area (Å²) in [6.07, 6.45) is 5.79. The first-order valence-corrected chi connectivity index (χ1v) is 9.38. The molecule has 1 N–H and O–H groups in total. The molecule has 2 aliphatic heterocycles. The molecule has 0 radical (unpaired) electrons. The van der Waals surface area contributed by atoms with Crippen molar-refractivity contribution in [2.75, 3.05) is 24.5 Å². The molecule has 0 spiro atoms. The molecule has 1 aromatic carbocycles. The van der Waals surface area contributed by atoms with Crippen LogP contribution in [-0.4, -0.2) is 51.0 Å². The molecule has 4 rings (SSSR count). The summed E-state index contributed by atoms with van der Waals surface area (Å²) >= 11 is 0. The molecule has 0 aliphatic carbocycles. The number of phenolic OH excluding ortho intramolecular Hbond substituents is 1. The van der Waals surface area contributed by atoms with Gasteiger partial charge in [0.1, 0.15) is 11.6 Å². The van der Waals surface area contributed by atoms with Gasteiger partial charge < -0.3 is 19.5 Å². The average molecular weight is 368 g/mol. The largest absolute Gasteiger partial charge is 0.508 e. The highest BCUT2D eigenvalue weighted by Crippen LogP contribution is 2.31. The summed E-state index contributed by atoms with van der Waals surface area (Å²) in [4.78, 5) is 33.2. The van der Waals surface area contributed by atoms with Crippen LogP contribution in [-0.2, 0) is 16.6 Å². The number of hydrogen-bond acceptors (Lipinski definition) is 4. The van der Waals surface area contributed by atoms with E-state index in [9.17, 15) is 14.7 Å². The number of imidazole rings is 1. The highest BCUT2D eigenvalue weighted by Gasteiger charge is 2.38. The first-order valence-electron chi connectivity index (χ1n) is 9.38. The number of nitrogens with zero attached hydrogens (tertiary/aromatic N) is 4. The van der Waals surface area contributed by atoms with E-state index in [1.54, 1.807) is 29.2 Å². The van der Waals surface area contributed by atoms with Crippen LogP contribution in [0.3, 0.4) is 0 Å². The zero-order valence-electron chi connectivity index (χ0n) is 15.4. The van der Waals surface area contributed by atoms with Crippen molar-refractivity contribution in [2.45, 2.75) is 25.2 Å². The van der Waals surface area contributed by atoms with E-state index in [-0.39, 0.29) is 29.9 Å². The number of anilines is 1. The highest BCUT2D eigenvalue weighted by molar-refractivity contribution is 6.00. The standard InChI is InChI=1S/C20H24N4O3/c1-22-10-7-21-19(22)14-5-8-23(9-6-14)20(27)15-11-18(26)24(13-15)16-3-2-4-17(25)12-16/h2-4,7,10,12,14-15,25H,5-6,8-9,11,13H2,1H3/t15-/m1/s1. The lowest BCUT2D eigenvalue weighted by molar-refractivity contribution is -0.136. The van der Waals surface area contributed by atoms with Crippen molar-refractivity contribution in [3.05, 3.63) is 42.5 Å². The second-order valence-corrected chi connectivity index (χ2v) is 7.42. The second kappa shape index (κ2) is 7.06. The summed E-state index contributed by atoms with van der Waals surface area (Å²) in [6.45, 7) is 1.78. The number of amides is 2. The number of hydrogen-bond donors (Lipinski definition) is 1. The second-order valence-electron chi connectivity index (χ2n) is 7.42. The van der Waals surface area contributed by atoms with E-state index in [1.165, 1.54) is 0 Å². The van der Waals surface area contributed by atoms with Gasteiger partial charge in [0.05, 0.1) is 5.92 Å². The first kappa shape index (κ1) is 17.6. The van der Waals surface area contributed by atoms with Gasteiger partial charge in [-0.05, 0) is 25.0 Å². The zero-order chi connectivity index (χ0) is 19.0. The molecule has 1 aromatic heterocycles. The molecule has 7 nitrogen and oxygen atoms in total. The summed E-state index contributed by atoms with van der Waals surface area (Å²) in [7, 11) is 2.00. The number of aromatic hydroxyl groups is 1. The Balaban J connectivity index is 1.38. The van der Waals surface area contributed by atoms with Crippen LogP contribution >= 0.6 is 0 Å². The third kappa shape index (κ3) is 3.41. The van der Waals surface area contributed by atoms with Gasteiger partial charge in [-0.2, -0.15) is 0 Å². The van der Waals surface area contributed by atoms with Crippen molar-refractivity contribution < 1.29 is 14.7 Å². The smallest absolute Gasteiger partial charge is 0.228 e. The molecule has 0 unspecified atom stereocenters. The van der Waals surface area contributed by atoms with Crippen molar-refractivity contribution in [1.29, 1.82) is 0 Å². The van der Waals surface area contributed by atoms with Crippen LogP contribution in [0.15, 0.2) is 36.7 Å². The SMILES string of the molecule is Cn1ccnc1C1CCN(C(=O)[C@@H]2CC(=O)N(c3cccc(O)c3)C2)CC1. The van der Waals surface area contributed by atoms with Crippen LogP contribution in [0.5, 0.6) is 5.75 Å². The predicted octanol–water partition coefficient (Wildman–Crippen LogP) is 1.88. The number of likely N-dealkylation sites (tertiary alicyclic amines) is 1. The maximum absolute atomic E-state index is 12.9. The summed E-state index contributed by atoms with van der Waals surface area (Å²) < 4.78 is 2.05. The van der Waals surface area contributed by atoms with Crippen molar-refractivity contribution in [1.82, 2.24) is 14.5 Å². The monoisotopic (exact) mass is 368 g/mol.